The van der Waals surface area contributed by atoms with Crippen LogP contribution in [0.4, 0.5) is 0 Å². The van der Waals surface area contributed by atoms with Crippen LogP contribution in [0.3, 0.4) is 0 Å². The van der Waals surface area contributed by atoms with Gasteiger partial charge in [-0.1, -0.05) is 60.7 Å². The van der Waals surface area contributed by atoms with Crippen molar-refractivity contribution in [3.05, 3.63) is 71.8 Å². The van der Waals surface area contributed by atoms with Crippen LogP contribution in [0.25, 0.3) is 0 Å². The lowest BCUT2D eigenvalue weighted by molar-refractivity contribution is -0.139. The minimum absolute atomic E-state index is 0.0102. The van der Waals surface area contributed by atoms with Gasteiger partial charge < -0.3 is 10.0 Å². The number of amides is 1. The quantitative estimate of drug-likeness (QED) is 0.811. The minimum atomic E-state index is -0.891. The number of carboxylic acid groups (broad SMARTS) is 1. The smallest absolute Gasteiger partial charge is 0.305 e. The Morgan fingerprint density at radius 1 is 0.917 bits per heavy atom. The molecule has 0 aliphatic heterocycles. The van der Waals surface area contributed by atoms with E-state index in [1.54, 1.807) is 7.05 Å². The van der Waals surface area contributed by atoms with Crippen LogP contribution in [0.2, 0.25) is 0 Å². The lowest BCUT2D eigenvalue weighted by Gasteiger charge is -2.24. The highest BCUT2D eigenvalue weighted by atomic mass is 16.4. The Bertz CT molecular complexity index is 614. The van der Waals surface area contributed by atoms with Crippen LogP contribution in [0.15, 0.2) is 60.7 Å². The van der Waals surface area contributed by atoms with Crippen LogP contribution in [0.1, 0.15) is 17.5 Å². The molecule has 0 bridgehead atoms. The molecular weight excluding hydrogens is 302 g/mol. The molecular formula is C20H23NO3. The van der Waals surface area contributed by atoms with Crippen molar-refractivity contribution in [3.8, 4) is 0 Å². The topological polar surface area (TPSA) is 57.6 Å². The van der Waals surface area contributed by atoms with Gasteiger partial charge in [-0.2, -0.15) is 0 Å². The Kier molecular flexibility index (Phi) is 6.55. The molecule has 2 aromatic rings. The molecule has 0 spiro atoms. The van der Waals surface area contributed by atoms with Gasteiger partial charge in [0.1, 0.15) is 0 Å². The summed E-state index contributed by atoms with van der Waals surface area (Å²) in [7, 11) is 1.67. The van der Waals surface area contributed by atoms with Crippen molar-refractivity contribution in [2.24, 2.45) is 5.92 Å². The van der Waals surface area contributed by atoms with E-state index < -0.39 is 5.97 Å². The number of benzene rings is 2. The Morgan fingerprint density at radius 3 is 1.79 bits per heavy atom. The first-order valence-corrected chi connectivity index (χ1v) is 8.11. The van der Waals surface area contributed by atoms with E-state index in [9.17, 15) is 9.59 Å². The third-order valence-electron chi connectivity index (χ3n) is 4.04. The monoisotopic (exact) mass is 325 g/mol. The summed E-state index contributed by atoms with van der Waals surface area (Å²) in [4.78, 5) is 25.1. The van der Waals surface area contributed by atoms with Crippen molar-refractivity contribution < 1.29 is 14.7 Å². The average molecular weight is 325 g/mol. The van der Waals surface area contributed by atoms with Crippen LogP contribution >= 0.6 is 0 Å². The molecule has 4 heteroatoms. The SMILES string of the molecule is CN(CCC(=O)O)C(=O)C(Cc1ccccc1)Cc1ccccc1. The van der Waals surface area contributed by atoms with E-state index >= 15 is 0 Å². The molecule has 126 valence electrons. The van der Waals surface area contributed by atoms with Gasteiger partial charge in [0.2, 0.25) is 5.91 Å². The minimum Gasteiger partial charge on any atom is -0.481 e. The summed E-state index contributed by atoms with van der Waals surface area (Å²) in [5.41, 5.74) is 2.22. The van der Waals surface area contributed by atoms with Crippen molar-refractivity contribution in [2.75, 3.05) is 13.6 Å². The molecule has 2 rings (SSSR count). The van der Waals surface area contributed by atoms with E-state index in [0.717, 1.165) is 11.1 Å². The van der Waals surface area contributed by atoms with Crippen LogP contribution < -0.4 is 0 Å². The molecule has 0 aliphatic rings. The summed E-state index contributed by atoms with van der Waals surface area (Å²) >= 11 is 0. The highest BCUT2D eigenvalue weighted by molar-refractivity contribution is 5.80. The second-order valence-electron chi connectivity index (χ2n) is 5.98. The first kappa shape index (κ1) is 17.7. The maximum absolute atomic E-state index is 12.8. The van der Waals surface area contributed by atoms with Gasteiger partial charge in [-0.15, -0.1) is 0 Å². The molecule has 1 N–H and O–H groups in total. The number of carbonyl (C=O) groups is 2. The molecule has 0 aliphatic carbocycles. The molecule has 24 heavy (non-hydrogen) atoms. The van der Waals surface area contributed by atoms with E-state index in [2.05, 4.69) is 0 Å². The maximum Gasteiger partial charge on any atom is 0.305 e. The van der Waals surface area contributed by atoms with E-state index in [1.807, 2.05) is 60.7 Å². The Labute approximate surface area is 142 Å². The maximum atomic E-state index is 12.8. The van der Waals surface area contributed by atoms with Crippen LogP contribution in [-0.4, -0.2) is 35.5 Å². The van der Waals surface area contributed by atoms with Crippen molar-refractivity contribution in [1.82, 2.24) is 4.90 Å². The molecule has 0 aromatic heterocycles. The number of carboxylic acids is 1. The summed E-state index contributed by atoms with van der Waals surface area (Å²) in [6.07, 6.45) is 1.25. The summed E-state index contributed by atoms with van der Waals surface area (Å²) in [5, 5.41) is 8.82. The number of hydrogen-bond donors (Lipinski definition) is 1. The zero-order valence-corrected chi connectivity index (χ0v) is 13.9. The fraction of sp³-hybridized carbons (Fsp3) is 0.300. The van der Waals surface area contributed by atoms with Crippen molar-refractivity contribution >= 4 is 11.9 Å². The van der Waals surface area contributed by atoms with E-state index in [1.165, 1.54) is 4.90 Å². The predicted molar refractivity (Wildman–Crippen MR) is 93.7 cm³/mol. The van der Waals surface area contributed by atoms with Gasteiger partial charge in [-0.05, 0) is 24.0 Å². The second kappa shape index (κ2) is 8.87. The molecule has 1 amide bonds. The van der Waals surface area contributed by atoms with Crippen molar-refractivity contribution in [3.63, 3.8) is 0 Å². The Morgan fingerprint density at radius 2 is 1.38 bits per heavy atom. The van der Waals surface area contributed by atoms with E-state index in [-0.39, 0.29) is 24.8 Å². The number of hydrogen-bond acceptors (Lipinski definition) is 2. The molecule has 0 radical (unpaired) electrons. The molecule has 0 unspecified atom stereocenters. The van der Waals surface area contributed by atoms with E-state index in [0.29, 0.717) is 12.8 Å². The molecule has 0 heterocycles. The fourth-order valence-corrected chi connectivity index (χ4v) is 2.73. The van der Waals surface area contributed by atoms with Gasteiger partial charge in [0, 0.05) is 19.5 Å². The zero-order valence-electron chi connectivity index (χ0n) is 13.9. The van der Waals surface area contributed by atoms with Crippen LogP contribution in [0, 0.1) is 5.92 Å². The van der Waals surface area contributed by atoms with Gasteiger partial charge in [0.25, 0.3) is 0 Å². The summed E-state index contributed by atoms with van der Waals surface area (Å²) in [5.74, 6) is -1.10. The molecule has 2 aromatic carbocycles. The van der Waals surface area contributed by atoms with Gasteiger partial charge in [0.15, 0.2) is 0 Å². The lowest BCUT2D eigenvalue weighted by atomic mass is 9.91. The first-order chi connectivity index (χ1) is 11.6. The first-order valence-electron chi connectivity index (χ1n) is 8.11. The summed E-state index contributed by atoms with van der Waals surface area (Å²) < 4.78 is 0. The highest BCUT2D eigenvalue weighted by Gasteiger charge is 2.23. The molecule has 0 fully saturated rings. The number of carbonyl (C=O) groups excluding carboxylic acids is 1. The summed E-state index contributed by atoms with van der Waals surface area (Å²) in [6, 6.07) is 19.8. The van der Waals surface area contributed by atoms with Crippen LogP contribution in [0.5, 0.6) is 0 Å². The van der Waals surface area contributed by atoms with Crippen molar-refractivity contribution in [1.29, 1.82) is 0 Å². The normalized spacial score (nSPS) is 10.6. The summed E-state index contributed by atoms with van der Waals surface area (Å²) in [6.45, 7) is 0.230. The fourth-order valence-electron chi connectivity index (χ4n) is 2.73. The van der Waals surface area contributed by atoms with Gasteiger partial charge in [-0.3, -0.25) is 9.59 Å². The lowest BCUT2D eigenvalue weighted by Crippen LogP contribution is -2.36. The van der Waals surface area contributed by atoms with Gasteiger partial charge in [0.05, 0.1) is 6.42 Å². The molecule has 0 saturated carbocycles. The molecule has 0 atom stereocenters. The van der Waals surface area contributed by atoms with Gasteiger partial charge >= 0.3 is 5.97 Å². The predicted octanol–water partition coefficient (Wildman–Crippen LogP) is 3.02. The number of aliphatic carboxylic acids is 1. The zero-order chi connectivity index (χ0) is 17.4. The van der Waals surface area contributed by atoms with Gasteiger partial charge in [-0.25, -0.2) is 0 Å². The molecule has 0 saturated heterocycles. The Hall–Kier alpha value is -2.62. The third-order valence-corrected chi connectivity index (χ3v) is 4.04. The standard InChI is InChI=1S/C20H23NO3/c1-21(13-12-19(22)23)20(24)18(14-16-8-4-2-5-9-16)15-17-10-6-3-7-11-17/h2-11,18H,12-15H2,1H3,(H,22,23). The average Bonchev–Trinajstić information content (AvgIpc) is 2.60. The second-order valence-corrected chi connectivity index (χ2v) is 5.98. The Balaban J connectivity index is 2.11. The van der Waals surface area contributed by atoms with Crippen molar-refractivity contribution in [2.45, 2.75) is 19.3 Å². The number of nitrogens with zero attached hydrogens (tertiary/aromatic N) is 1. The highest BCUT2D eigenvalue weighted by Crippen LogP contribution is 2.17. The van der Waals surface area contributed by atoms with E-state index in [4.69, 9.17) is 5.11 Å². The number of rotatable bonds is 8. The molecule has 4 nitrogen and oxygen atoms in total. The third kappa shape index (κ3) is 5.54. The largest absolute Gasteiger partial charge is 0.481 e. The van der Waals surface area contributed by atoms with Crippen LogP contribution in [-0.2, 0) is 22.4 Å².